The van der Waals surface area contributed by atoms with Crippen molar-refractivity contribution < 1.29 is 14.4 Å². The van der Waals surface area contributed by atoms with E-state index in [-0.39, 0.29) is 11.8 Å². The summed E-state index contributed by atoms with van der Waals surface area (Å²) in [5.74, 6) is 0.346. The van der Waals surface area contributed by atoms with E-state index in [1.807, 2.05) is 27.7 Å². The first kappa shape index (κ1) is 15.4. The maximum absolute atomic E-state index is 11.4. The SMILES string of the molecule is CC(C)C(=C(CCBr)P(=O)(O)O)C(C)C. The Morgan fingerprint density at radius 2 is 1.60 bits per heavy atom. The van der Waals surface area contributed by atoms with Crippen LogP contribution in [0.5, 0.6) is 0 Å². The maximum Gasteiger partial charge on any atom is 0.352 e. The van der Waals surface area contributed by atoms with Gasteiger partial charge < -0.3 is 9.79 Å². The zero-order valence-electron chi connectivity index (χ0n) is 9.70. The van der Waals surface area contributed by atoms with Gasteiger partial charge in [0.05, 0.1) is 0 Å². The van der Waals surface area contributed by atoms with Gasteiger partial charge in [-0.25, -0.2) is 0 Å². The molecule has 0 aromatic carbocycles. The van der Waals surface area contributed by atoms with Gasteiger partial charge in [-0.3, -0.25) is 4.57 Å². The van der Waals surface area contributed by atoms with Gasteiger partial charge in [-0.05, 0) is 18.3 Å². The summed E-state index contributed by atoms with van der Waals surface area (Å²) in [5, 5.41) is 0.889. The molecule has 0 spiro atoms. The van der Waals surface area contributed by atoms with Crippen LogP contribution in [0.25, 0.3) is 0 Å². The summed E-state index contributed by atoms with van der Waals surface area (Å²) >= 11 is 3.23. The van der Waals surface area contributed by atoms with Crippen molar-refractivity contribution in [3.05, 3.63) is 10.9 Å². The molecule has 0 fully saturated rings. The summed E-state index contributed by atoms with van der Waals surface area (Å²) in [5.41, 5.74) is 0.891. The number of hydrogen-bond donors (Lipinski definition) is 2. The summed E-state index contributed by atoms with van der Waals surface area (Å²) in [6.45, 7) is 7.89. The van der Waals surface area contributed by atoms with Crippen LogP contribution in [-0.4, -0.2) is 15.1 Å². The lowest BCUT2D eigenvalue weighted by molar-refractivity contribution is 0.378. The van der Waals surface area contributed by atoms with Crippen LogP contribution in [0, 0.1) is 11.8 Å². The minimum absolute atomic E-state index is 0.173. The predicted molar refractivity (Wildman–Crippen MR) is 67.2 cm³/mol. The van der Waals surface area contributed by atoms with Crippen LogP contribution in [0.15, 0.2) is 10.9 Å². The first-order valence-corrected chi connectivity index (χ1v) is 7.80. The molecular weight excluding hydrogens is 279 g/mol. The highest BCUT2D eigenvalue weighted by atomic mass is 79.9. The lowest BCUT2D eigenvalue weighted by Gasteiger charge is -2.22. The zero-order chi connectivity index (χ0) is 12.2. The van der Waals surface area contributed by atoms with Gasteiger partial charge in [-0.15, -0.1) is 0 Å². The molecule has 0 heterocycles. The maximum atomic E-state index is 11.4. The average molecular weight is 299 g/mol. The molecule has 0 aliphatic heterocycles. The van der Waals surface area contributed by atoms with Crippen LogP contribution in [0.1, 0.15) is 34.1 Å². The molecule has 90 valence electrons. The summed E-state index contributed by atoms with van der Waals surface area (Å²) < 4.78 is 11.4. The largest absolute Gasteiger partial charge is 0.352 e. The molecule has 0 atom stereocenters. The molecule has 0 aliphatic carbocycles. The van der Waals surface area contributed by atoms with Crippen molar-refractivity contribution >= 4 is 23.5 Å². The first-order valence-electron chi connectivity index (χ1n) is 5.06. The van der Waals surface area contributed by atoms with Gasteiger partial charge in [0, 0.05) is 10.6 Å². The second kappa shape index (κ2) is 6.19. The van der Waals surface area contributed by atoms with Crippen molar-refractivity contribution in [2.45, 2.75) is 34.1 Å². The molecule has 3 nitrogen and oxygen atoms in total. The van der Waals surface area contributed by atoms with Crippen LogP contribution in [-0.2, 0) is 4.57 Å². The standard InChI is InChI=1S/C10H20BrO3P/c1-7(2)10(8(3)4)9(5-6-11)15(12,13)14/h7-8H,5-6H2,1-4H3,(H2,12,13,14). The number of alkyl halides is 1. The fourth-order valence-electron chi connectivity index (χ4n) is 1.88. The van der Waals surface area contributed by atoms with E-state index in [4.69, 9.17) is 0 Å². The highest BCUT2D eigenvalue weighted by Gasteiger charge is 2.26. The van der Waals surface area contributed by atoms with E-state index in [1.165, 1.54) is 0 Å². The van der Waals surface area contributed by atoms with Gasteiger partial charge in [0.15, 0.2) is 0 Å². The van der Waals surface area contributed by atoms with E-state index in [1.54, 1.807) is 0 Å². The molecule has 0 aromatic rings. The van der Waals surface area contributed by atoms with Crippen LogP contribution < -0.4 is 0 Å². The Morgan fingerprint density at radius 3 is 1.80 bits per heavy atom. The van der Waals surface area contributed by atoms with Crippen molar-refractivity contribution in [2.24, 2.45) is 11.8 Å². The Labute approximate surface area is 100 Å². The predicted octanol–water partition coefficient (Wildman–Crippen LogP) is 3.52. The van der Waals surface area contributed by atoms with E-state index in [2.05, 4.69) is 15.9 Å². The quantitative estimate of drug-likeness (QED) is 0.603. The van der Waals surface area contributed by atoms with Gasteiger partial charge in [0.25, 0.3) is 0 Å². The molecule has 0 amide bonds. The molecule has 15 heavy (non-hydrogen) atoms. The number of halogens is 1. The monoisotopic (exact) mass is 298 g/mol. The van der Waals surface area contributed by atoms with Crippen LogP contribution in [0.3, 0.4) is 0 Å². The van der Waals surface area contributed by atoms with Gasteiger partial charge >= 0.3 is 7.60 Å². The van der Waals surface area contributed by atoms with Crippen LogP contribution in [0.4, 0.5) is 0 Å². The lowest BCUT2D eigenvalue weighted by atomic mass is 9.91. The molecule has 0 rings (SSSR count). The molecule has 0 aliphatic rings. The average Bonchev–Trinajstić information content (AvgIpc) is 2.00. The first-order chi connectivity index (χ1) is 6.71. The van der Waals surface area contributed by atoms with Gasteiger partial charge in [0.2, 0.25) is 0 Å². The molecule has 2 N–H and O–H groups in total. The zero-order valence-corrected chi connectivity index (χ0v) is 12.2. The Kier molecular flexibility index (Phi) is 6.34. The highest BCUT2D eigenvalue weighted by molar-refractivity contribution is 9.09. The second-order valence-electron chi connectivity index (χ2n) is 4.19. The molecule has 0 radical (unpaired) electrons. The molecule has 5 heteroatoms. The summed E-state index contributed by atoms with van der Waals surface area (Å²) in [4.78, 5) is 18.6. The fourth-order valence-corrected chi connectivity index (χ4v) is 3.84. The van der Waals surface area contributed by atoms with Crippen LogP contribution >= 0.6 is 23.5 Å². The summed E-state index contributed by atoms with van der Waals surface area (Å²) in [6.07, 6.45) is 0.413. The highest BCUT2D eigenvalue weighted by Crippen LogP contribution is 2.51. The van der Waals surface area contributed by atoms with Crippen molar-refractivity contribution in [2.75, 3.05) is 5.33 Å². The Morgan fingerprint density at radius 1 is 1.20 bits per heavy atom. The Bertz CT molecular complexity index is 268. The van der Waals surface area contributed by atoms with E-state index in [0.717, 1.165) is 5.57 Å². The Balaban J connectivity index is 5.46. The van der Waals surface area contributed by atoms with Gasteiger partial charge in [-0.1, -0.05) is 49.2 Å². The summed E-state index contributed by atoms with van der Waals surface area (Å²) in [7, 11) is -4.11. The topological polar surface area (TPSA) is 57.5 Å². The van der Waals surface area contributed by atoms with E-state index >= 15 is 0 Å². The van der Waals surface area contributed by atoms with Gasteiger partial charge in [-0.2, -0.15) is 0 Å². The van der Waals surface area contributed by atoms with Crippen LogP contribution in [0.2, 0.25) is 0 Å². The number of hydrogen-bond acceptors (Lipinski definition) is 1. The molecule has 0 unspecified atom stereocenters. The summed E-state index contributed by atoms with van der Waals surface area (Å²) in [6, 6.07) is 0. The molecule has 0 saturated heterocycles. The molecule has 0 aromatic heterocycles. The van der Waals surface area contributed by atoms with E-state index in [0.29, 0.717) is 17.1 Å². The number of allylic oxidation sites excluding steroid dienone is 2. The van der Waals surface area contributed by atoms with Crippen molar-refractivity contribution in [1.29, 1.82) is 0 Å². The van der Waals surface area contributed by atoms with E-state index in [9.17, 15) is 14.4 Å². The number of rotatable bonds is 5. The molecule has 0 saturated carbocycles. The smallest absolute Gasteiger partial charge is 0.321 e. The Hall–Kier alpha value is 0.370. The fraction of sp³-hybridized carbons (Fsp3) is 0.800. The molecular formula is C10H20BrO3P. The molecule has 0 bridgehead atoms. The van der Waals surface area contributed by atoms with Crippen molar-refractivity contribution in [3.63, 3.8) is 0 Å². The third-order valence-electron chi connectivity index (χ3n) is 2.26. The van der Waals surface area contributed by atoms with Crippen molar-refractivity contribution in [1.82, 2.24) is 0 Å². The third-order valence-corrected chi connectivity index (χ3v) is 3.84. The lowest BCUT2D eigenvalue weighted by Crippen LogP contribution is -2.07. The van der Waals surface area contributed by atoms with E-state index < -0.39 is 7.60 Å². The third kappa shape index (κ3) is 4.81. The second-order valence-corrected chi connectivity index (χ2v) is 6.62. The minimum Gasteiger partial charge on any atom is -0.321 e. The van der Waals surface area contributed by atoms with Crippen molar-refractivity contribution in [3.8, 4) is 0 Å². The normalized spacial score (nSPS) is 12.3. The minimum atomic E-state index is -4.11. The van der Waals surface area contributed by atoms with Gasteiger partial charge in [0.1, 0.15) is 0 Å².